The molecule has 84 valence electrons. The van der Waals surface area contributed by atoms with Crippen LogP contribution >= 0.6 is 15.9 Å². The lowest BCUT2D eigenvalue weighted by atomic mass is 9.77. The molecule has 0 radical (unpaired) electrons. The molecule has 2 rings (SSSR count). The highest BCUT2D eigenvalue weighted by molar-refractivity contribution is 9.10. The number of hydrogen-bond donors (Lipinski definition) is 1. The maximum atomic E-state index is 11.9. The van der Waals surface area contributed by atoms with Crippen molar-refractivity contribution in [2.24, 2.45) is 0 Å². The highest BCUT2D eigenvalue weighted by Gasteiger charge is 2.46. The van der Waals surface area contributed by atoms with E-state index in [9.17, 15) is 9.59 Å². The molecule has 1 heterocycles. The molecule has 0 aromatic heterocycles. The minimum Gasteiger partial charge on any atom is -0.296 e. The minimum absolute atomic E-state index is 0.178. The second-order valence-corrected chi connectivity index (χ2v) is 4.91. The van der Waals surface area contributed by atoms with Crippen LogP contribution in [0, 0.1) is 0 Å². The van der Waals surface area contributed by atoms with Gasteiger partial charge in [-0.05, 0) is 24.1 Å². The van der Waals surface area contributed by atoms with Gasteiger partial charge in [0.05, 0.1) is 5.41 Å². The third-order valence-corrected chi connectivity index (χ3v) is 3.68. The van der Waals surface area contributed by atoms with Crippen LogP contribution in [0.4, 0.5) is 0 Å². The van der Waals surface area contributed by atoms with Gasteiger partial charge in [-0.15, -0.1) is 0 Å². The number of rotatable bonds is 2. The summed E-state index contributed by atoms with van der Waals surface area (Å²) in [6.07, 6.45) is 0.885. The van der Waals surface area contributed by atoms with Crippen molar-refractivity contribution in [3.05, 3.63) is 34.3 Å². The monoisotopic (exact) mass is 281 g/mol. The van der Waals surface area contributed by atoms with Gasteiger partial charge < -0.3 is 0 Å². The molecule has 1 saturated heterocycles. The van der Waals surface area contributed by atoms with Gasteiger partial charge in [0, 0.05) is 10.9 Å². The maximum absolute atomic E-state index is 11.9. The number of carbonyl (C=O) groups is 2. The molecule has 0 saturated carbocycles. The standard InChI is InChI=1S/C12H12BrNO2/c1-2-12(7-10(15)14-11(12)16)8-3-5-9(13)6-4-8/h3-6H,2,7H2,1H3,(H,14,15,16). The number of nitrogens with one attached hydrogen (secondary N) is 1. The Bertz CT molecular complexity index is 441. The van der Waals surface area contributed by atoms with E-state index < -0.39 is 5.41 Å². The summed E-state index contributed by atoms with van der Waals surface area (Å²) in [6, 6.07) is 7.57. The molecular formula is C12H12BrNO2. The van der Waals surface area contributed by atoms with Crippen LogP contribution < -0.4 is 5.32 Å². The molecule has 1 aliphatic rings. The summed E-state index contributed by atoms with van der Waals surface area (Å²) in [6.45, 7) is 1.93. The summed E-state index contributed by atoms with van der Waals surface area (Å²) in [4.78, 5) is 23.2. The molecule has 1 atom stereocenters. The molecule has 1 fully saturated rings. The van der Waals surface area contributed by atoms with Crippen LogP contribution in [0.5, 0.6) is 0 Å². The first-order valence-corrected chi connectivity index (χ1v) is 5.98. The van der Waals surface area contributed by atoms with Crippen LogP contribution in [0.15, 0.2) is 28.7 Å². The molecule has 1 aliphatic heterocycles. The smallest absolute Gasteiger partial charge is 0.237 e. The molecule has 1 aromatic rings. The van der Waals surface area contributed by atoms with Gasteiger partial charge in [0.2, 0.25) is 11.8 Å². The SMILES string of the molecule is CCC1(c2ccc(Br)cc2)CC(=O)NC1=O. The predicted octanol–water partition coefficient (Wildman–Crippen LogP) is 2.14. The van der Waals surface area contributed by atoms with E-state index in [-0.39, 0.29) is 18.2 Å². The molecular weight excluding hydrogens is 270 g/mol. The molecule has 3 nitrogen and oxygen atoms in total. The van der Waals surface area contributed by atoms with Crippen LogP contribution in [-0.4, -0.2) is 11.8 Å². The van der Waals surface area contributed by atoms with Gasteiger partial charge in [-0.25, -0.2) is 0 Å². The largest absolute Gasteiger partial charge is 0.296 e. The predicted molar refractivity (Wildman–Crippen MR) is 63.9 cm³/mol. The first-order chi connectivity index (χ1) is 7.58. The van der Waals surface area contributed by atoms with Crippen molar-refractivity contribution in [1.82, 2.24) is 5.32 Å². The summed E-state index contributed by atoms with van der Waals surface area (Å²) in [5.41, 5.74) is 0.235. The number of benzene rings is 1. The Morgan fingerprint density at radius 2 is 1.94 bits per heavy atom. The molecule has 0 aliphatic carbocycles. The fraction of sp³-hybridized carbons (Fsp3) is 0.333. The Morgan fingerprint density at radius 1 is 1.31 bits per heavy atom. The van der Waals surface area contributed by atoms with E-state index >= 15 is 0 Å². The van der Waals surface area contributed by atoms with Crippen LogP contribution in [0.1, 0.15) is 25.3 Å². The zero-order valence-corrected chi connectivity index (χ0v) is 10.5. The molecule has 2 amide bonds. The Labute approximate surface area is 102 Å². The highest BCUT2D eigenvalue weighted by atomic mass is 79.9. The Hall–Kier alpha value is -1.16. The topological polar surface area (TPSA) is 46.2 Å². The Kier molecular flexibility index (Phi) is 2.84. The summed E-state index contributed by atoms with van der Waals surface area (Å²) < 4.78 is 0.965. The van der Waals surface area contributed by atoms with Crippen molar-refractivity contribution in [2.75, 3.05) is 0 Å². The van der Waals surface area contributed by atoms with Gasteiger partial charge in [-0.1, -0.05) is 35.0 Å². The van der Waals surface area contributed by atoms with Crippen LogP contribution in [0.3, 0.4) is 0 Å². The summed E-state index contributed by atoms with van der Waals surface area (Å²) in [5.74, 6) is -0.364. The van der Waals surface area contributed by atoms with Crippen LogP contribution in [0.25, 0.3) is 0 Å². The lowest BCUT2D eigenvalue weighted by Gasteiger charge is -2.23. The summed E-state index contributed by atoms with van der Waals surface area (Å²) in [7, 11) is 0. The van der Waals surface area contributed by atoms with Crippen molar-refractivity contribution in [3.63, 3.8) is 0 Å². The van der Waals surface area contributed by atoms with Gasteiger partial charge >= 0.3 is 0 Å². The number of carbonyl (C=O) groups excluding carboxylic acids is 2. The molecule has 4 heteroatoms. The van der Waals surface area contributed by atoms with Crippen LogP contribution in [-0.2, 0) is 15.0 Å². The van der Waals surface area contributed by atoms with Crippen molar-refractivity contribution in [3.8, 4) is 0 Å². The van der Waals surface area contributed by atoms with E-state index in [2.05, 4.69) is 21.2 Å². The van der Waals surface area contributed by atoms with Crippen molar-refractivity contribution in [1.29, 1.82) is 0 Å². The van der Waals surface area contributed by atoms with E-state index in [1.165, 1.54) is 0 Å². The lowest BCUT2D eigenvalue weighted by molar-refractivity contribution is -0.126. The minimum atomic E-state index is -0.669. The number of halogens is 1. The maximum Gasteiger partial charge on any atom is 0.237 e. The molecule has 1 unspecified atom stereocenters. The van der Waals surface area contributed by atoms with Crippen LogP contribution in [0.2, 0.25) is 0 Å². The number of amides is 2. The second kappa shape index (κ2) is 4.01. The molecule has 1 aromatic carbocycles. The molecule has 0 spiro atoms. The number of hydrogen-bond acceptors (Lipinski definition) is 2. The average Bonchev–Trinajstić information content (AvgIpc) is 2.55. The van der Waals surface area contributed by atoms with E-state index in [4.69, 9.17) is 0 Å². The fourth-order valence-corrected chi connectivity index (χ4v) is 2.40. The Morgan fingerprint density at radius 3 is 2.38 bits per heavy atom. The fourth-order valence-electron chi connectivity index (χ4n) is 2.14. The third kappa shape index (κ3) is 1.67. The van der Waals surface area contributed by atoms with E-state index in [0.29, 0.717) is 6.42 Å². The average molecular weight is 282 g/mol. The van der Waals surface area contributed by atoms with E-state index in [1.807, 2.05) is 31.2 Å². The first-order valence-electron chi connectivity index (χ1n) is 5.19. The van der Waals surface area contributed by atoms with Gasteiger partial charge in [-0.2, -0.15) is 0 Å². The number of imide groups is 1. The zero-order valence-electron chi connectivity index (χ0n) is 8.92. The summed E-state index contributed by atoms with van der Waals surface area (Å²) >= 11 is 3.35. The molecule has 16 heavy (non-hydrogen) atoms. The highest BCUT2D eigenvalue weighted by Crippen LogP contribution is 2.36. The summed E-state index contributed by atoms with van der Waals surface area (Å²) in [5, 5.41) is 2.38. The van der Waals surface area contributed by atoms with Crippen molar-refractivity contribution >= 4 is 27.7 Å². The quantitative estimate of drug-likeness (QED) is 0.845. The van der Waals surface area contributed by atoms with Crippen molar-refractivity contribution < 1.29 is 9.59 Å². The van der Waals surface area contributed by atoms with Crippen molar-refractivity contribution in [2.45, 2.75) is 25.2 Å². The van der Waals surface area contributed by atoms with E-state index in [1.54, 1.807) is 0 Å². The third-order valence-electron chi connectivity index (χ3n) is 3.15. The second-order valence-electron chi connectivity index (χ2n) is 4.00. The zero-order chi connectivity index (χ0) is 11.8. The van der Waals surface area contributed by atoms with Gasteiger partial charge in [0.25, 0.3) is 0 Å². The Balaban J connectivity index is 2.46. The molecule has 1 N–H and O–H groups in total. The van der Waals surface area contributed by atoms with E-state index in [0.717, 1.165) is 10.0 Å². The first kappa shape index (κ1) is 11.3. The van der Waals surface area contributed by atoms with Gasteiger partial charge in [0.1, 0.15) is 0 Å². The van der Waals surface area contributed by atoms with Gasteiger partial charge in [-0.3, -0.25) is 14.9 Å². The normalized spacial score (nSPS) is 24.6. The van der Waals surface area contributed by atoms with Gasteiger partial charge in [0.15, 0.2) is 0 Å². The lowest BCUT2D eigenvalue weighted by Crippen LogP contribution is -2.34. The molecule has 0 bridgehead atoms.